The fraction of sp³-hybridized carbons (Fsp3) is 0.688. The zero-order valence-electron chi connectivity index (χ0n) is 13.2. The van der Waals surface area contributed by atoms with Crippen LogP contribution in [-0.4, -0.2) is 36.6 Å². The van der Waals surface area contributed by atoms with Gasteiger partial charge in [-0.2, -0.15) is 0 Å². The van der Waals surface area contributed by atoms with E-state index in [4.69, 9.17) is 5.73 Å². The molecular formula is C16H28N4. The number of nitrogens with one attached hydrogen (secondary N) is 1. The third-order valence-electron chi connectivity index (χ3n) is 5.04. The monoisotopic (exact) mass is 276 g/mol. The van der Waals surface area contributed by atoms with Crippen LogP contribution in [0, 0.1) is 5.92 Å². The van der Waals surface area contributed by atoms with Crippen LogP contribution in [0.1, 0.15) is 44.2 Å². The summed E-state index contributed by atoms with van der Waals surface area (Å²) in [5.74, 6) is 1.47. The Morgan fingerprint density at radius 1 is 1.40 bits per heavy atom. The first-order chi connectivity index (χ1) is 9.51. The number of nitrogens with zero attached hydrogens (tertiary/aromatic N) is 2. The van der Waals surface area contributed by atoms with Crippen LogP contribution >= 0.6 is 0 Å². The minimum atomic E-state index is 0.123. The summed E-state index contributed by atoms with van der Waals surface area (Å²) in [7, 11) is 6.40. The Balaban J connectivity index is 2.38. The van der Waals surface area contributed by atoms with Gasteiger partial charge in [0, 0.05) is 17.3 Å². The molecule has 1 aliphatic carbocycles. The van der Waals surface area contributed by atoms with E-state index >= 15 is 0 Å². The standard InChI is InChI=1S/C16H28N4/c1-12-7-9-16(10-8-12,20(3)4)14(18-2)13-6-5-11-19-15(13)17/h5-6,11-12,14,18H,7-10H2,1-4H3,(H2,17,19). The largest absolute Gasteiger partial charge is 0.383 e. The van der Waals surface area contributed by atoms with E-state index in [1.54, 1.807) is 6.20 Å². The van der Waals surface area contributed by atoms with Gasteiger partial charge in [-0.25, -0.2) is 4.98 Å². The van der Waals surface area contributed by atoms with E-state index in [2.05, 4.69) is 42.3 Å². The summed E-state index contributed by atoms with van der Waals surface area (Å²) in [5.41, 5.74) is 7.37. The molecule has 0 bridgehead atoms. The van der Waals surface area contributed by atoms with Gasteiger partial charge in [-0.3, -0.25) is 0 Å². The van der Waals surface area contributed by atoms with E-state index in [-0.39, 0.29) is 11.6 Å². The van der Waals surface area contributed by atoms with Crippen LogP contribution in [0.15, 0.2) is 18.3 Å². The number of hydrogen-bond donors (Lipinski definition) is 2. The summed E-state index contributed by atoms with van der Waals surface area (Å²) >= 11 is 0. The second kappa shape index (κ2) is 6.10. The second-order valence-electron chi connectivity index (χ2n) is 6.38. The van der Waals surface area contributed by atoms with Crippen molar-refractivity contribution in [2.45, 2.75) is 44.2 Å². The van der Waals surface area contributed by atoms with E-state index in [1.807, 2.05) is 13.1 Å². The van der Waals surface area contributed by atoms with Crippen molar-refractivity contribution in [3.05, 3.63) is 23.9 Å². The molecule has 0 aromatic carbocycles. The molecule has 0 aliphatic heterocycles. The van der Waals surface area contributed by atoms with Crippen molar-refractivity contribution in [1.29, 1.82) is 0 Å². The van der Waals surface area contributed by atoms with Gasteiger partial charge in [-0.1, -0.05) is 13.0 Å². The van der Waals surface area contributed by atoms with Gasteiger partial charge < -0.3 is 16.0 Å². The number of nitrogen functional groups attached to an aromatic ring is 1. The highest BCUT2D eigenvalue weighted by Crippen LogP contribution is 2.44. The minimum Gasteiger partial charge on any atom is -0.383 e. The molecule has 1 atom stereocenters. The molecule has 20 heavy (non-hydrogen) atoms. The molecule has 1 aromatic heterocycles. The Morgan fingerprint density at radius 3 is 2.55 bits per heavy atom. The Morgan fingerprint density at radius 2 is 2.05 bits per heavy atom. The molecule has 1 aliphatic rings. The van der Waals surface area contributed by atoms with Gasteiger partial charge in [-0.15, -0.1) is 0 Å². The van der Waals surface area contributed by atoms with Crippen LogP contribution < -0.4 is 11.1 Å². The van der Waals surface area contributed by atoms with E-state index in [0.29, 0.717) is 5.82 Å². The SMILES string of the molecule is CNC(c1cccnc1N)C1(N(C)C)CCC(C)CC1. The second-order valence-corrected chi connectivity index (χ2v) is 6.38. The molecule has 1 heterocycles. The molecule has 0 saturated heterocycles. The number of hydrogen-bond acceptors (Lipinski definition) is 4. The van der Waals surface area contributed by atoms with Gasteiger partial charge in [0.25, 0.3) is 0 Å². The van der Waals surface area contributed by atoms with Gasteiger partial charge in [0.2, 0.25) is 0 Å². The Kier molecular flexibility index (Phi) is 4.66. The molecule has 0 radical (unpaired) electrons. The molecule has 2 rings (SSSR count). The van der Waals surface area contributed by atoms with Crippen molar-refractivity contribution in [3.63, 3.8) is 0 Å². The molecule has 1 unspecified atom stereocenters. The topological polar surface area (TPSA) is 54.2 Å². The normalized spacial score (nSPS) is 28.6. The molecule has 4 nitrogen and oxygen atoms in total. The predicted octanol–water partition coefficient (Wildman–Crippen LogP) is 2.43. The molecule has 1 fully saturated rings. The van der Waals surface area contributed by atoms with Crippen molar-refractivity contribution >= 4 is 5.82 Å². The molecule has 3 N–H and O–H groups in total. The highest BCUT2D eigenvalue weighted by atomic mass is 15.2. The van der Waals surface area contributed by atoms with Crippen molar-refractivity contribution in [1.82, 2.24) is 15.2 Å². The lowest BCUT2D eigenvalue weighted by Gasteiger charge is -2.50. The van der Waals surface area contributed by atoms with Crippen molar-refractivity contribution in [2.24, 2.45) is 5.92 Å². The van der Waals surface area contributed by atoms with E-state index < -0.39 is 0 Å². The van der Waals surface area contributed by atoms with E-state index in [0.717, 1.165) is 11.5 Å². The fourth-order valence-corrected chi connectivity index (χ4v) is 3.64. The van der Waals surface area contributed by atoms with Gasteiger partial charge >= 0.3 is 0 Å². The lowest BCUT2D eigenvalue weighted by molar-refractivity contribution is 0.0457. The zero-order chi connectivity index (χ0) is 14.8. The first kappa shape index (κ1) is 15.3. The van der Waals surface area contributed by atoms with Crippen molar-refractivity contribution in [2.75, 3.05) is 26.9 Å². The average Bonchev–Trinajstić information content (AvgIpc) is 2.43. The van der Waals surface area contributed by atoms with Crippen molar-refractivity contribution in [3.8, 4) is 0 Å². The third kappa shape index (κ3) is 2.67. The van der Waals surface area contributed by atoms with Gasteiger partial charge in [0.15, 0.2) is 0 Å². The van der Waals surface area contributed by atoms with Gasteiger partial charge in [-0.05, 0) is 58.8 Å². The summed E-state index contributed by atoms with van der Waals surface area (Å²) in [6.07, 6.45) is 6.70. The Bertz CT molecular complexity index is 436. The van der Waals surface area contributed by atoms with Crippen LogP contribution in [0.2, 0.25) is 0 Å². The lowest BCUT2D eigenvalue weighted by atomic mass is 9.70. The molecule has 112 valence electrons. The summed E-state index contributed by atoms with van der Waals surface area (Å²) < 4.78 is 0. The van der Waals surface area contributed by atoms with Crippen LogP contribution in [-0.2, 0) is 0 Å². The first-order valence-electron chi connectivity index (χ1n) is 7.56. The number of nitrogens with two attached hydrogens (primary N) is 1. The van der Waals surface area contributed by atoms with E-state index in [9.17, 15) is 0 Å². The fourth-order valence-electron chi connectivity index (χ4n) is 3.64. The van der Waals surface area contributed by atoms with E-state index in [1.165, 1.54) is 25.7 Å². The zero-order valence-corrected chi connectivity index (χ0v) is 13.2. The minimum absolute atomic E-state index is 0.123. The maximum absolute atomic E-state index is 6.12. The molecule has 1 saturated carbocycles. The van der Waals surface area contributed by atoms with Crippen LogP contribution in [0.25, 0.3) is 0 Å². The molecule has 0 spiro atoms. The molecular weight excluding hydrogens is 248 g/mol. The Hall–Kier alpha value is -1.13. The van der Waals surface area contributed by atoms with Crippen LogP contribution in [0.4, 0.5) is 5.82 Å². The van der Waals surface area contributed by atoms with Crippen molar-refractivity contribution < 1.29 is 0 Å². The smallest absolute Gasteiger partial charge is 0.128 e. The lowest BCUT2D eigenvalue weighted by Crippen LogP contribution is -2.55. The summed E-state index contributed by atoms with van der Waals surface area (Å²) in [4.78, 5) is 6.65. The van der Waals surface area contributed by atoms with Gasteiger partial charge in [0.1, 0.15) is 5.82 Å². The number of likely N-dealkylation sites (N-methyl/N-ethyl adjacent to an activating group) is 2. The van der Waals surface area contributed by atoms with Gasteiger partial charge in [0.05, 0.1) is 6.04 Å². The first-order valence-corrected chi connectivity index (χ1v) is 7.56. The van der Waals surface area contributed by atoms with Crippen LogP contribution in [0.5, 0.6) is 0 Å². The predicted molar refractivity (Wildman–Crippen MR) is 84.5 cm³/mol. The number of anilines is 1. The summed E-state index contributed by atoms with van der Waals surface area (Å²) in [6, 6.07) is 4.30. The highest BCUT2D eigenvalue weighted by molar-refractivity contribution is 5.42. The molecule has 0 amide bonds. The number of aromatic nitrogens is 1. The Labute approximate surface area is 122 Å². The number of pyridine rings is 1. The molecule has 4 heteroatoms. The summed E-state index contributed by atoms with van der Waals surface area (Å²) in [5, 5.41) is 3.50. The maximum Gasteiger partial charge on any atom is 0.128 e. The van der Waals surface area contributed by atoms with Crippen LogP contribution in [0.3, 0.4) is 0 Å². The highest BCUT2D eigenvalue weighted by Gasteiger charge is 2.43. The molecule has 1 aromatic rings. The third-order valence-corrected chi connectivity index (χ3v) is 5.04. The number of rotatable bonds is 4. The maximum atomic E-state index is 6.12. The quantitative estimate of drug-likeness (QED) is 0.887. The summed E-state index contributed by atoms with van der Waals surface area (Å²) in [6.45, 7) is 2.35. The average molecular weight is 276 g/mol.